The zero-order chi connectivity index (χ0) is 16.3. The molecule has 2 unspecified atom stereocenters. The van der Waals surface area contributed by atoms with Crippen molar-refractivity contribution in [1.29, 1.82) is 0 Å². The molecule has 1 saturated heterocycles. The van der Waals surface area contributed by atoms with Crippen LogP contribution >= 0.6 is 11.6 Å². The molecule has 0 bridgehead atoms. The molecule has 2 atom stereocenters. The molecule has 0 radical (unpaired) electrons. The summed E-state index contributed by atoms with van der Waals surface area (Å²) in [6.07, 6.45) is 3.31. The summed E-state index contributed by atoms with van der Waals surface area (Å²) in [7, 11) is 0. The summed E-state index contributed by atoms with van der Waals surface area (Å²) in [5, 5.41) is 6.03. The Bertz CT molecular complexity index is 835. The standard InChI is InChI=1S/C15H12ClFN4O/c16-9-2-1-7(17)5-8(9)13-12-10(18)6-11-19-3-4-21(11)14(12)15(22)20-13/h1-6,13-14,19H,18H2,(H,20,22)/i6D. The Labute approximate surface area is 132 Å². The van der Waals surface area contributed by atoms with Gasteiger partial charge in [-0.1, -0.05) is 11.6 Å². The average molecular weight is 320 g/mol. The molecule has 0 aromatic heterocycles. The van der Waals surface area contributed by atoms with Gasteiger partial charge in [0.25, 0.3) is 0 Å². The summed E-state index contributed by atoms with van der Waals surface area (Å²) in [6.45, 7) is 0. The van der Waals surface area contributed by atoms with E-state index in [1.54, 1.807) is 17.3 Å². The van der Waals surface area contributed by atoms with E-state index < -0.39 is 17.9 Å². The van der Waals surface area contributed by atoms with Gasteiger partial charge >= 0.3 is 0 Å². The molecule has 1 fully saturated rings. The largest absolute Gasteiger partial charge is 0.399 e. The Morgan fingerprint density at radius 3 is 3.09 bits per heavy atom. The minimum atomic E-state index is -0.672. The molecule has 0 aliphatic carbocycles. The zero-order valence-corrected chi connectivity index (χ0v) is 12.0. The second kappa shape index (κ2) is 4.51. The Kier molecular flexibility index (Phi) is 2.48. The van der Waals surface area contributed by atoms with Crippen molar-refractivity contribution in [3.05, 3.63) is 70.1 Å². The van der Waals surface area contributed by atoms with Gasteiger partial charge in [0.05, 0.1) is 7.41 Å². The monoisotopic (exact) mass is 319 g/mol. The van der Waals surface area contributed by atoms with Crippen LogP contribution in [-0.4, -0.2) is 16.8 Å². The lowest BCUT2D eigenvalue weighted by Crippen LogP contribution is -2.40. The fraction of sp³-hybridized carbons (Fsp3) is 0.133. The molecule has 0 spiro atoms. The maximum Gasteiger partial charge on any atom is 0.248 e. The van der Waals surface area contributed by atoms with Crippen LogP contribution < -0.4 is 16.4 Å². The van der Waals surface area contributed by atoms with E-state index in [9.17, 15) is 9.18 Å². The zero-order valence-electron chi connectivity index (χ0n) is 12.2. The summed E-state index contributed by atoms with van der Waals surface area (Å²) in [5.41, 5.74) is 7.25. The van der Waals surface area contributed by atoms with Crippen LogP contribution in [-0.2, 0) is 4.79 Å². The fourth-order valence-corrected chi connectivity index (χ4v) is 3.25. The van der Waals surface area contributed by atoms with Gasteiger partial charge in [0.2, 0.25) is 5.91 Å². The molecular weight excluding hydrogens is 307 g/mol. The summed E-state index contributed by atoms with van der Waals surface area (Å²) < 4.78 is 21.8. The third-order valence-electron chi connectivity index (χ3n) is 3.97. The predicted octanol–water partition coefficient (Wildman–Crippen LogP) is 1.46. The molecule has 112 valence electrons. The maximum absolute atomic E-state index is 13.6. The Morgan fingerprint density at radius 2 is 2.27 bits per heavy atom. The summed E-state index contributed by atoms with van der Waals surface area (Å²) in [5.74, 6) is -0.272. The molecule has 7 heteroatoms. The third kappa shape index (κ3) is 1.74. The molecule has 1 amide bonds. The second-order valence-corrected chi connectivity index (χ2v) is 5.63. The van der Waals surface area contributed by atoms with Crippen molar-refractivity contribution in [3.8, 4) is 0 Å². The number of rotatable bonds is 1. The van der Waals surface area contributed by atoms with Crippen LogP contribution in [0.3, 0.4) is 0 Å². The van der Waals surface area contributed by atoms with E-state index in [1.165, 1.54) is 18.2 Å². The van der Waals surface area contributed by atoms with Crippen molar-refractivity contribution in [2.45, 2.75) is 12.1 Å². The summed E-state index contributed by atoms with van der Waals surface area (Å²) >= 11 is 6.17. The second-order valence-electron chi connectivity index (χ2n) is 5.22. The lowest BCUT2D eigenvalue weighted by molar-refractivity contribution is -0.122. The molecule has 3 aliphatic heterocycles. The first kappa shape index (κ1) is 12.1. The number of benzene rings is 1. The van der Waals surface area contributed by atoms with Crippen molar-refractivity contribution in [2.75, 3.05) is 0 Å². The number of carbonyl (C=O) groups excluding carboxylic acids is 1. The van der Waals surface area contributed by atoms with Crippen LogP contribution in [0.5, 0.6) is 0 Å². The minimum Gasteiger partial charge on any atom is -0.399 e. The van der Waals surface area contributed by atoms with Crippen LogP contribution in [0.15, 0.2) is 53.7 Å². The average Bonchev–Trinajstić information content (AvgIpc) is 3.12. The molecule has 1 aromatic rings. The number of allylic oxidation sites excluding steroid dienone is 1. The van der Waals surface area contributed by atoms with E-state index in [-0.39, 0.29) is 17.7 Å². The first-order chi connectivity index (χ1) is 11.0. The van der Waals surface area contributed by atoms with Crippen LogP contribution in [0.2, 0.25) is 5.02 Å². The Hall–Kier alpha value is -2.47. The number of nitrogens with zero attached hydrogens (tertiary/aromatic N) is 1. The van der Waals surface area contributed by atoms with Gasteiger partial charge in [0.1, 0.15) is 17.7 Å². The fourth-order valence-electron chi connectivity index (χ4n) is 3.02. The van der Waals surface area contributed by atoms with Gasteiger partial charge in [-0.15, -0.1) is 0 Å². The number of carbonyl (C=O) groups is 1. The quantitative estimate of drug-likeness (QED) is 0.733. The SMILES string of the molecule is [2H]C1=C2NC=CN2C2C(=O)NC(c3cc(F)ccc3Cl)C2=C1N. The normalized spacial score (nSPS) is 26.7. The van der Waals surface area contributed by atoms with Crippen molar-refractivity contribution < 1.29 is 10.6 Å². The van der Waals surface area contributed by atoms with E-state index in [1.807, 2.05) is 0 Å². The van der Waals surface area contributed by atoms with E-state index in [2.05, 4.69) is 10.6 Å². The molecule has 0 saturated carbocycles. The van der Waals surface area contributed by atoms with Crippen LogP contribution in [0.1, 0.15) is 13.0 Å². The van der Waals surface area contributed by atoms with Crippen molar-refractivity contribution in [2.24, 2.45) is 5.73 Å². The third-order valence-corrected chi connectivity index (χ3v) is 4.31. The van der Waals surface area contributed by atoms with Gasteiger partial charge in [0, 0.05) is 40.3 Å². The first-order valence-corrected chi connectivity index (χ1v) is 7.04. The van der Waals surface area contributed by atoms with Crippen LogP contribution in [0.4, 0.5) is 4.39 Å². The first-order valence-electron chi connectivity index (χ1n) is 7.16. The van der Waals surface area contributed by atoms with E-state index >= 15 is 0 Å². The van der Waals surface area contributed by atoms with Gasteiger partial charge in [-0.25, -0.2) is 4.39 Å². The van der Waals surface area contributed by atoms with Gasteiger partial charge in [-0.2, -0.15) is 0 Å². The van der Waals surface area contributed by atoms with Gasteiger partial charge in [0.15, 0.2) is 0 Å². The number of nitrogens with one attached hydrogen (secondary N) is 2. The van der Waals surface area contributed by atoms with E-state index in [0.29, 0.717) is 22.0 Å². The highest BCUT2D eigenvalue weighted by Gasteiger charge is 2.46. The van der Waals surface area contributed by atoms with E-state index in [4.69, 9.17) is 18.7 Å². The highest BCUT2D eigenvalue weighted by Crippen LogP contribution is 2.41. The Morgan fingerprint density at radius 1 is 1.45 bits per heavy atom. The van der Waals surface area contributed by atoms with Gasteiger partial charge < -0.3 is 21.3 Å². The van der Waals surface area contributed by atoms with Crippen LogP contribution in [0, 0.1) is 5.82 Å². The number of hydrogen-bond acceptors (Lipinski definition) is 4. The topological polar surface area (TPSA) is 70.4 Å². The highest BCUT2D eigenvalue weighted by molar-refractivity contribution is 6.31. The highest BCUT2D eigenvalue weighted by atomic mass is 35.5. The minimum absolute atomic E-state index is 0.0928. The predicted molar refractivity (Wildman–Crippen MR) is 79.5 cm³/mol. The van der Waals surface area contributed by atoms with Crippen molar-refractivity contribution in [1.82, 2.24) is 15.5 Å². The molecule has 5 nitrogen and oxygen atoms in total. The molecule has 4 N–H and O–H groups in total. The maximum atomic E-state index is 13.6. The summed E-state index contributed by atoms with van der Waals surface area (Å²) in [4.78, 5) is 14.1. The Balaban J connectivity index is 1.90. The van der Waals surface area contributed by atoms with Crippen LogP contribution in [0.25, 0.3) is 0 Å². The lowest BCUT2D eigenvalue weighted by Gasteiger charge is -2.30. The van der Waals surface area contributed by atoms with Gasteiger partial charge in [-0.05, 0) is 18.2 Å². The number of halogens is 2. The molecule has 3 aliphatic rings. The lowest BCUT2D eigenvalue weighted by atomic mass is 9.93. The molecule has 1 aromatic carbocycles. The molecule has 3 heterocycles. The smallest absolute Gasteiger partial charge is 0.248 e. The van der Waals surface area contributed by atoms with Crippen molar-refractivity contribution >= 4 is 17.5 Å². The molecule has 22 heavy (non-hydrogen) atoms. The number of amides is 1. The summed E-state index contributed by atoms with van der Waals surface area (Å²) in [6, 6.07) is 2.72. The van der Waals surface area contributed by atoms with Crippen molar-refractivity contribution in [3.63, 3.8) is 0 Å². The number of nitrogens with two attached hydrogens (primary N) is 1. The number of fused-ring (bicyclic) bond motifs is 3. The van der Waals surface area contributed by atoms with E-state index in [0.717, 1.165) is 0 Å². The van der Waals surface area contributed by atoms with Gasteiger partial charge in [-0.3, -0.25) is 4.79 Å². The number of hydrogen-bond donors (Lipinski definition) is 3. The molecular formula is C15H12ClFN4O. The molecule has 4 rings (SSSR count).